The number of phenolic OH excluding ortho intramolecular Hbond substituents is 1. The van der Waals surface area contributed by atoms with E-state index < -0.39 is 5.97 Å². The van der Waals surface area contributed by atoms with Gasteiger partial charge in [0.05, 0.1) is 17.4 Å². The van der Waals surface area contributed by atoms with Crippen LogP contribution in [0.15, 0.2) is 72.8 Å². The molecule has 0 amide bonds. The number of thiophene rings is 1. The van der Waals surface area contributed by atoms with E-state index in [9.17, 15) is 15.2 Å². The number of fused-ring (bicyclic) bond motifs is 1. The number of nitrogens with zero attached hydrogens (tertiary/aromatic N) is 1. The number of carboxylic acid groups (broad SMARTS) is 1. The van der Waals surface area contributed by atoms with Gasteiger partial charge in [-0.25, -0.2) is 4.79 Å². The van der Waals surface area contributed by atoms with Crippen LogP contribution in [-0.4, -0.2) is 16.2 Å². The van der Waals surface area contributed by atoms with Gasteiger partial charge in [0.15, 0.2) is 5.75 Å². The molecule has 0 aliphatic heterocycles. The van der Waals surface area contributed by atoms with Gasteiger partial charge in [-0.2, -0.15) is 5.26 Å². The van der Waals surface area contributed by atoms with E-state index >= 15 is 0 Å². The van der Waals surface area contributed by atoms with Crippen LogP contribution >= 0.6 is 11.3 Å². The molecule has 3 aromatic carbocycles. The molecule has 1 aromatic heterocycles. The molecule has 2 N–H and O–H groups in total. The minimum Gasteiger partial charge on any atom is -0.508 e. The zero-order valence-corrected chi connectivity index (χ0v) is 17.1. The molecule has 0 aliphatic carbocycles. The van der Waals surface area contributed by atoms with Crippen LogP contribution in [-0.2, 0) is 11.2 Å². The fourth-order valence-electron chi connectivity index (χ4n) is 3.25. The average molecular weight is 427 g/mol. The Kier molecular flexibility index (Phi) is 5.69. The van der Waals surface area contributed by atoms with Crippen molar-refractivity contribution in [2.75, 3.05) is 0 Å². The number of nitriles is 1. The zero-order chi connectivity index (χ0) is 21.8. The van der Waals surface area contributed by atoms with Crippen LogP contribution in [0, 0.1) is 11.3 Å². The Bertz CT molecular complexity index is 1330. The van der Waals surface area contributed by atoms with E-state index in [-0.39, 0.29) is 12.2 Å². The van der Waals surface area contributed by atoms with Crippen molar-refractivity contribution < 1.29 is 19.7 Å². The van der Waals surface area contributed by atoms with E-state index in [0.717, 1.165) is 37.7 Å². The number of carboxylic acids is 1. The SMILES string of the molecule is N#CCc1ccccc1-c1sc2cc(O)ccc2c1Oc1ccc(/C=C/C(=O)O)cc1. The van der Waals surface area contributed by atoms with Crippen LogP contribution in [0.1, 0.15) is 11.1 Å². The number of carbonyl (C=O) groups is 1. The highest BCUT2D eigenvalue weighted by molar-refractivity contribution is 7.22. The summed E-state index contributed by atoms with van der Waals surface area (Å²) in [5.41, 5.74) is 2.56. The average Bonchev–Trinajstić information content (AvgIpc) is 3.11. The van der Waals surface area contributed by atoms with Crippen LogP contribution in [0.5, 0.6) is 17.2 Å². The molecule has 0 aliphatic rings. The molecule has 4 aromatic rings. The lowest BCUT2D eigenvalue weighted by Crippen LogP contribution is -1.90. The first kappa shape index (κ1) is 20.2. The summed E-state index contributed by atoms with van der Waals surface area (Å²) >= 11 is 1.49. The predicted octanol–water partition coefficient (Wildman–Crippen LogP) is 6.23. The predicted molar refractivity (Wildman–Crippen MR) is 121 cm³/mol. The van der Waals surface area contributed by atoms with Crippen molar-refractivity contribution >= 4 is 33.5 Å². The zero-order valence-electron chi connectivity index (χ0n) is 16.3. The molecule has 0 spiro atoms. The Morgan fingerprint density at radius 1 is 1.10 bits per heavy atom. The number of hydrogen-bond donors (Lipinski definition) is 2. The lowest BCUT2D eigenvalue weighted by molar-refractivity contribution is -0.131. The lowest BCUT2D eigenvalue weighted by atomic mass is 10.0. The summed E-state index contributed by atoms with van der Waals surface area (Å²) in [4.78, 5) is 11.6. The maximum absolute atomic E-state index is 10.7. The summed E-state index contributed by atoms with van der Waals surface area (Å²) < 4.78 is 7.15. The van der Waals surface area contributed by atoms with E-state index in [4.69, 9.17) is 9.84 Å². The van der Waals surface area contributed by atoms with Crippen molar-refractivity contribution in [3.63, 3.8) is 0 Å². The van der Waals surface area contributed by atoms with Crippen LogP contribution in [0.3, 0.4) is 0 Å². The van der Waals surface area contributed by atoms with Crippen LogP contribution in [0.25, 0.3) is 26.6 Å². The second kappa shape index (κ2) is 8.74. The third-order valence-corrected chi connectivity index (χ3v) is 5.85. The topological polar surface area (TPSA) is 90.5 Å². The molecule has 0 saturated heterocycles. The Morgan fingerprint density at radius 3 is 2.61 bits per heavy atom. The fourth-order valence-corrected chi connectivity index (χ4v) is 4.48. The van der Waals surface area contributed by atoms with Gasteiger partial charge in [-0.1, -0.05) is 36.4 Å². The summed E-state index contributed by atoms with van der Waals surface area (Å²) in [6, 6.07) is 22.2. The molecule has 0 atom stereocenters. The Balaban J connectivity index is 1.79. The molecule has 0 unspecified atom stereocenters. The van der Waals surface area contributed by atoms with Crippen molar-refractivity contribution in [3.8, 4) is 33.8 Å². The molecule has 0 bridgehead atoms. The van der Waals surface area contributed by atoms with Gasteiger partial charge in [0.2, 0.25) is 0 Å². The maximum Gasteiger partial charge on any atom is 0.328 e. The lowest BCUT2D eigenvalue weighted by Gasteiger charge is -2.10. The molecule has 0 saturated carbocycles. The van der Waals surface area contributed by atoms with Gasteiger partial charge in [-0.3, -0.25) is 0 Å². The first-order valence-electron chi connectivity index (χ1n) is 9.45. The Hall–Kier alpha value is -4.08. The van der Waals surface area contributed by atoms with Crippen LogP contribution in [0.4, 0.5) is 0 Å². The normalized spacial score (nSPS) is 10.9. The Labute approximate surface area is 182 Å². The number of benzene rings is 3. The number of aliphatic carboxylic acids is 1. The highest BCUT2D eigenvalue weighted by Crippen LogP contribution is 2.48. The van der Waals surface area contributed by atoms with Crippen LogP contribution in [0.2, 0.25) is 0 Å². The quantitative estimate of drug-likeness (QED) is 0.356. The minimum atomic E-state index is -1.01. The fraction of sp³-hybridized carbons (Fsp3) is 0.0400. The van der Waals surface area contributed by atoms with Crippen LogP contribution < -0.4 is 4.74 Å². The van der Waals surface area contributed by atoms with E-state index in [1.807, 2.05) is 30.3 Å². The highest BCUT2D eigenvalue weighted by Gasteiger charge is 2.19. The summed E-state index contributed by atoms with van der Waals surface area (Å²) in [5.74, 6) is 0.416. The van der Waals surface area contributed by atoms with Crippen molar-refractivity contribution in [3.05, 3.63) is 83.9 Å². The second-order valence-corrected chi connectivity index (χ2v) is 7.83. The molecular weight excluding hydrogens is 410 g/mol. The second-order valence-electron chi connectivity index (χ2n) is 6.78. The van der Waals surface area contributed by atoms with E-state index in [1.165, 1.54) is 17.4 Å². The molecule has 5 nitrogen and oxygen atoms in total. The van der Waals surface area contributed by atoms with E-state index in [1.54, 1.807) is 36.4 Å². The summed E-state index contributed by atoms with van der Waals surface area (Å²) in [6.07, 6.45) is 2.87. The first-order valence-corrected chi connectivity index (χ1v) is 10.3. The van der Waals surface area contributed by atoms with Crippen molar-refractivity contribution in [1.82, 2.24) is 0 Å². The molecular formula is C25H17NO4S. The summed E-state index contributed by atoms with van der Waals surface area (Å²) in [6.45, 7) is 0. The van der Waals surface area contributed by atoms with E-state index in [0.29, 0.717) is 11.5 Å². The van der Waals surface area contributed by atoms with Gasteiger partial charge >= 0.3 is 5.97 Å². The number of phenols is 1. The molecule has 1 heterocycles. The van der Waals surface area contributed by atoms with Gasteiger partial charge < -0.3 is 14.9 Å². The minimum absolute atomic E-state index is 0.173. The van der Waals surface area contributed by atoms with Gasteiger partial charge in [0.1, 0.15) is 11.5 Å². The number of aromatic hydroxyl groups is 1. The molecule has 0 fully saturated rings. The summed E-state index contributed by atoms with van der Waals surface area (Å²) in [7, 11) is 0. The molecule has 6 heteroatoms. The van der Waals surface area contributed by atoms with Gasteiger partial charge in [-0.05, 0) is 53.1 Å². The monoisotopic (exact) mass is 427 g/mol. The van der Waals surface area contributed by atoms with E-state index in [2.05, 4.69) is 6.07 Å². The van der Waals surface area contributed by atoms with Gasteiger partial charge in [0, 0.05) is 16.2 Å². The molecule has 31 heavy (non-hydrogen) atoms. The number of ether oxygens (including phenoxy) is 1. The smallest absolute Gasteiger partial charge is 0.328 e. The molecule has 4 rings (SSSR count). The molecule has 152 valence electrons. The highest BCUT2D eigenvalue weighted by atomic mass is 32.1. The molecule has 0 radical (unpaired) electrons. The van der Waals surface area contributed by atoms with Gasteiger partial charge in [0.25, 0.3) is 0 Å². The number of hydrogen-bond acceptors (Lipinski definition) is 5. The maximum atomic E-state index is 10.7. The van der Waals surface area contributed by atoms with Crippen molar-refractivity contribution in [2.24, 2.45) is 0 Å². The third kappa shape index (κ3) is 4.42. The largest absolute Gasteiger partial charge is 0.508 e. The number of rotatable bonds is 6. The summed E-state index contributed by atoms with van der Waals surface area (Å²) in [5, 5.41) is 28.8. The van der Waals surface area contributed by atoms with Crippen molar-refractivity contribution in [2.45, 2.75) is 6.42 Å². The van der Waals surface area contributed by atoms with Gasteiger partial charge in [-0.15, -0.1) is 11.3 Å². The third-order valence-electron chi connectivity index (χ3n) is 4.68. The van der Waals surface area contributed by atoms with Crippen molar-refractivity contribution in [1.29, 1.82) is 5.26 Å². The standard InChI is InChI=1S/C25H17NO4S/c26-14-13-17-3-1-2-4-20(17)25-24(21-11-8-18(27)15-22(21)31-25)30-19-9-5-16(6-10-19)7-12-23(28)29/h1-12,15,27H,13H2,(H,28,29)/b12-7+. The first-order chi connectivity index (χ1) is 15.0. The Morgan fingerprint density at radius 2 is 1.87 bits per heavy atom.